The molecule has 2 aromatic heterocycles. The van der Waals surface area contributed by atoms with Crippen molar-refractivity contribution in [3.63, 3.8) is 0 Å². The molecule has 2 N–H and O–H groups in total. The number of nitrogens with one attached hydrogen (secondary N) is 1. The van der Waals surface area contributed by atoms with Gasteiger partial charge in [0, 0.05) is 0 Å². The molecule has 2 aliphatic heterocycles. The molecule has 144 valence electrons. The quantitative estimate of drug-likeness (QED) is 0.329. The van der Waals surface area contributed by atoms with Crippen LogP contribution < -0.4 is 25.7 Å². The van der Waals surface area contributed by atoms with Gasteiger partial charge in [-0.2, -0.15) is 0 Å². The first-order valence-corrected chi connectivity index (χ1v) is 11.4. The second-order valence-corrected chi connectivity index (χ2v) is 8.94. The van der Waals surface area contributed by atoms with Crippen molar-refractivity contribution in [2.45, 2.75) is 24.4 Å². The first-order chi connectivity index (χ1) is 13.6. The van der Waals surface area contributed by atoms with E-state index >= 15 is 0 Å². The van der Waals surface area contributed by atoms with E-state index in [-0.39, 0.29) is 24.9 Å². The van der Waals surface area contributed by atoms with Crippen LogP contribution in [0.15, 0.2) is 30.3 Å². The Labute approximate surface area is 177 Å². The average Bonchev–Trinajstić information content (AvgIpc) is 3.38. The molecule has 0 saturated carbocycles. The van der Waals surface area contributed by atoms with Gasteiger partial charge in [-0.05, 0) is 0 Å². The zero-order chi connectivity index (χ0) is 19.3. The first kappa shape index (κ1) is 18.6. The van der Waals surface area contributed by atoms with Gasteiger partial charge in [-0.25, -0.2) is 0 Å². The van der Waals surface area contributed by atoms with Gasteiger partial charge in [0.15, 0.2) is 0 Å². The number of rotatable bonds is 4. The van der Waals surface area contributed by atoms with E-state index in [0.717, 1.165) is 9.13 Å². The molecule has 0 bridgehead atoms. The molecule has 4 heterocycles. The van der Waals surface area contributed by atoms with Crippen LogP contribution in [0.2, 0.25) is 5.02 Å². The first-order valence-electron chi connectivity index (χ1n) is 8.70. The van der Waals surface area contributed by atoms with Gasteiger partial charge in [-0.15, -0.1) is 0 Å². The zero-order valence-corrected chi connectivity index (χ0v) is 17.4. The van der Waals surface area contributed by atoms with Crippen LogP contribution >= 0.6 is 11.6 Å². The van der Waals surface area contributed by atoms with E-state index in [2.05, 4.69) is 15.0 Å². The molecule has 10 heteroatoms. The van der Waals surface area contributed by atoms with Crippen LogP contribution in [0.5, 0.6) is 6.01 Å². The number of hydrogen-bond acceptors (Lipinski definition) is 6. The van der Waals surface area contributed by atoms with E-state index in [1.54, 1.807) is 6.07 Å². The number of pyridine rings is 1. The van der Waals surface area contributed by atoms with Gasteiger partial charge in [-0.1, -0.05) is 0 Å². The number of halogens is 2. The summed E-state index contributed by atoms with van der Waals surface area (Å²) >= 11 is 6.00. The van der Waals surface area contributed by atoms with Gasteiger partial charge < -0.3 is 14.6 Å². The van der Waals surface area contributed by atoms with Crippen LogP contribution in [0.3, 0.4) is 0 Å². The van der Waals surface area contributed by atoms with Crippen LogP contribution in [0.1, 0.15) is 0 Å². The second kappa shape index (κ2) is 7.45. The zero-order valence-electron chi connectivity index (χ0n) is 14.5. The molecular weight excluding hydrogens is 495 g/mol. The van der Waals surface area contributed by atoms with Crippen molar-refractivity contribution in [1.82, 2.24) is 15.0 Å². The summed E-state index contributed by atoms with van der Waals surface area (Å²) in [4.78, 5) is 12.1. The summed E-state index contributed by atoms with van der Waals surface area (Å²) in [5.74, 6) is 0. The standard InChI is InChI=1S/C18H15BClIN3O4/c19-21-9-3-1-8(2-4-9)14-10(20)5-11-17(23-14)24-18(22-11)28-13-7-27-15-12(25)6-26-16(13)15/h1-5,12-13,15-16,25H,6-7H2,(H,22,23,24)/q-1/t12-,13-,15-,16-/m1/s1. The van der Waals surface area contributed by atoms with Gasteiger partial charge in [0.25, 0.3) is 0 Å². The van der Waals surface area contributed by atoms with Crippen LogP contribution in [-0.4, -0.2) is 63.4 Å². The molecule has 5 rings (SSSR count). The predicted octanol–water partition coefficient (Wildman–Crippen LogP) is -1.47. The number of imidazole rings is 1. The van der Waals surface area contributed by atoms with E-state index < -0.39 is 27.1 Å². The van der Waals surface area contributed by atoms with Crippen molar-refractivity contribution in [3.8, 4) is 17.3 Å². The molecular formula is C18H15BClIN3O4-. The minimum absolute atomic E-state index is 0.251. The Balaban J connectivity index is 1.41. The summed E-state index contributed by atoms with van der Waals surface area (Å²) in [5.41, 5.74) is 8.50. The third kappa shape index (κ3) is 3.28. The fraction of sp³-hybridized carbons (Fsp3) is 0.333. The van der Waals surface area contributed by atoms with Crippen LogP contribution in [0.25, 0.3) is 22.4 Å². The summed E-state index contributed by atoms with van der Waals surface area (Å²) in [6.07, 6.45) is -1.62. The minimum atomic E-state index is -0.620. The summed E-state index contributed by atoms with van der Waals surface area (Å²) in [6, 6.07) is 10.0. The number of aromatic nitrogens is 3. The maximum atomic E-state index is 9.84. The van der Waals surface area contributed by atoms with Gasteiger partial charge in [0.05, 0.1) is 6.61 Å². The molecule has 1 aromatic carbocycles. The molecule has 2 fully saturated rings. The van der Waals surface area contributed by atoms with Gasteiger partial charge in [0.2, 0.25) is 0 Å². The average molecular weight is 511 g/mol. The fourth-order valence-electron chi connectivity index (χ4n) is 3.52. The van der Waals surface area contributed by atoms with E-state index in [1.165, 1.54) is 0 Å². The molecule has 0 aliphatic carbocycles. The number of H-pyrrole nitrogens is 1. The maximum absolute atomic E-state index is 9.84. The number of ether oxygens (including phenoxy) is 3. The van der Waals surface area contributed by atoms with Crippen molar-refractivity contribution in [2.24, 2.45) is 0 Å². The van der Waals surface area contributed by atoms with Crippen molar-refractivity contribution < 1.29 is 40.3 Å². The number of aliphatic hydroxyl groups excluding tert-OH is 1. The Bertz CT molecular complexity index is 1020. The number of fused-ring (bicyclic) bond motifs is 2. The molecule has 2 aliphatic rings. The number of aromatic amines is 1. The molecule has 0 amide bonds. The Morgan fingerprint density at radius 2 is 1.96 bits per heavy atom. The third-order valence-corrected chi connectivity index (χ3v) is 6.62. The molecule has 0 spiro atoms. The Morgan fingerprint density at radius 3 is 2.75 bits per heavy atom. The topological polar surface area (TPSA) is 89.5 Å². The van der Waals surface area contributed by atoms with Crippen LogP contribution in [-0.2, 0) is 9.47 Å². The van der Waals surface area contributed by atoms with Crippen molar-refractivity contribution in [3.05, 3.63) is 38.9 Å². The SMILES string of the molecule is [B][I-]c1ccc(-c2nc3nc(O[C@@H]4CO[C@H]5[C@@H]4OC[C@H]5O)[nH]c3cc2Cl)cc1. The summed E-state index contributed by atoms with van der Waals surface area (Å²) < 4.78 is 18.2. The third-order valence-electron chi connectivity index (χ3n) is 4.89. The fourth-order valence-corrected chi connectivity index (χ4v) is 4.56. The number of hydrogen-bond donors (Lipinski definition) is 2. The Kier molecular flexibility index (Phi) is 4.96. The number of nitrogens with zero attached hydrogens (tertiary/aromatic N) is 2. The Morgan fingerprint density at radius 1 is 1.18 bits per heavy atom. The second-order valence-electron chi connectivity index (χ2n) is 6.67. The molecule has 2 saturated heterocycles. The molecule has 7 nitrogen and oxygen atoms in total. The summed E-state index contributed by atoms with van der Waals surface area (Å²) in [6.45, 7) is 0.583. The molecule has 28 heavy (non-hydrogen) atoms. The monoisotopic (exact) mass is 510 g/mol. The molecule has 0 unspecified atom stereocenters. The van der Waals surface area contributed by atoms with Gasteiger partial charge in [-0.3, -0.25) is 0 Å². The molecule has 2 radical (unpaired) electrons. The summed E-state index contributed by atoms with van der Waals surface area (Å²) in [5, 5.41) is 10.4. The van der Waals surface area contributed by atoms with Crippen molar-refractivity contribution in [2.75, 3.05) is 13.2 Å². The number of aliphatic hydroxyl groups is 1. The van der Waals surface area contributed by atoms with Crippen molar-refractivity contribution >= 4 is 28.5 Å². The number of benzene rings is 1. The van der Waals surface area contributed by atoms with E-state index in [9.17, 15) is 5.11 Å². The van der Waals surface area contributed by atoms with E-state index in [4.69, 9.17) is 31.5 Å². The predicted molar refractivity (Wildman–Crippen MR) is 98.7 cm³/mol. The van der Waals surface area contributed by atoms with E-state index in [1.807, 2.05) is 24.3 Å². The van der Waals surface area contributed by atoms with Crippen molar-refractivity contribution in [1.29, 1.82) is 0 Å². The van der Waals surface area contributed by atoms with Gasteiger partial charge >= 0.3 is 144 Å². The molecule has 3 aromatic rings. The van der Waals surface area contributed by atoms with Gasteiger partial charge in [0.1, 0.15) is 12.2 Å². The summed E-state index contributed by atoms with van der Waals surface area (Å²) in [7, 11) is 0. The Hall–Kier alpha value is -1.40. The normalized spacial score (nSPS) is 26.8. The van der Waals surface area contributed by atoms with E-state index in [0.29, 0.717) is 34.5 Å². The van der Waals surface area contributed by atoms with Crippen LogP contribution in [0, 0.1) is 3.57 Å². The van der Waals surface area contributed by atoms with Crippen LogP contribution in [0.4, 0.5) is 0 Å². The molecule has 4 atom stereocenters.